The molecule has 1 aliphatic heterocycles. The van der Waals surface area contributed by atoms with Crippen LogP contribution < -0.4 is 10.1 Å². The molecule has 2 N–H and O–H groups in total. The van der Waals surface area contributed by atoms with Crippen molar-refractivity contribution in [3.8, 4) is 5.75 Å². The molecular formula is C19H25NO3S. The Kier molecular flexibility index (Phi) is 5.89. The van der Waals surface area contributed by atoms with E-state index in [0.717, 1.165) is 30.8 Å². The summed E-state index contributed by atoms with van der Waals surface area (Å²) < 4.78 is 11.3. The van der Waals surface area contributed by atoms with Crippen LogP contribution in [-0.4, -0.2) is 31.0 Å². The first-order valence-corrected chi connectivity index (χ1v) is 9.37. The van der Waals surface area contributed by atoms with E-state index in [-0.39, 0.29) is 6.10 Å². The number of hydrogen-bond acceptors (Lipinski definition) is 5. The first-order valence-electron chi connectivity index (χ1n) is 8.42. The van der Waals surface area contributed by atoms with Crippen molar-refractivity contribution in [1.29, 1.82) is 0 Å². The van der Waals surface area contributed by atoms with E-state index in [1.54, 1.807) is 11.3 Å². The third-order valence-corrected chi connectivity index (χ3v) is 5.01. The van der Waals surface area contributed by atoms with Gasteiger partial charge < -0.3 is 19.9 Å². The lowest BCUT2D eigenvalue weighted by Gasteiger charge is -2.23. The Balaban J connectivity index is 1.42. The van der Waals surface area contributed by atoms with E-state index >= 15 is 0 Å². The topological polar surface area (TPSA) is 50.7 Å². The highest BCUT2D eigenvalue weighted by molar-refractivity contribution is 7.08. The Morgan fingerprint density at radius 2 is 2.17 bits per heavy atom. The van der Waals surface area contributed by atoms with Crippen molar-refractivity contribution in [3.05, 3.63) is 52.2 Å². The summed E-state index contributed by atoms with van der Waals surface area (Å²) in [6, 6.07) is 10.0. The van der Waals surface area contributed by atoms with E-state index in [4.69, 9.17) is 9.47 Å². The first kappa shape index (κ1) is 17.4. The number of aliphatic hydroxyl groups is 1. The van der Waals surface area contributed by atoms with E-state index in [1.807, 2.05) is 35.9 Å². The van der Waals surface area contributed by atoms with Gasteiger partial charge in [-0.1, -0.05) is 12.1 Å². The molecule has 3 rings (SSSR count). The number of hydrogen-bond donors (Lipinski definition) is 2. The second-order valence-electron chi connectivity index (χ2n) is 6.48. The van der Waals surface area contributed by atoms with Crippen LogP contribution in [0.25, 0.3) is 0 Å². The lowest BCUT2D eigenvalue weighted by atomic mass is 9.99. The van der Waals surface area contributed by atoms with Crippen LogP contribution in [0.1, 0.15) is 30.9 Å². The van der Waals surface area contributed by atoms with Gasteiger partial charge in [-0.15, -0.1) is 0 Å². The molecule has 0 radical (unpaired) electrons. The van der Waals surface area contributed by atoms with Crippen LogP contribution in [0.4, 0.5) is 0 Å². The van der Waals surface area contributed by atoms with Crippen molar-refractivity contribution in [2.45, 2.75) is 38.0 Å². The average Bonchev–Trinajstić information content (AvgIpc) is 3.28. The van der Waals surface area contributed by atoms with Gasteiger partial charge in [-0.3, -0.25) is 0 Å². The van der Waals surface area contributed by atoms with E-state index < -0.39 is 5.60 Å². The zero-order valence-electron chi connectivity index (χ0n) is 14.0. The van der Waals surface area contributed by atoms with Gasteiger partial charge >= 0.3 is 0 Å². The van der Waals surface area contributed by atoms with E-state index in [1.165, 1.54) is 5.56 Å². The van der Waals surface area contributed by atoms with Crippen LogP contribution in [0.2, 0.25) is 0 Å². The van der Waals surface area contributed by atoms with Crippen LogP contribution in [0.15, 0.2) is 41.1 Å². The quantitative estimate of drug-likeness (QED) is 0.769. The van der Waals surface area contributed by atoms with Crippen molar-refractivity contribution in [2.24, 2.45) is 0 Å². The summed E-state index contributed by atoms with van der Waals surface area (Å²) in [5, 5.41) is 17.8. The van der Waals surface area contributed by atoms with Crippen molar-refractivity contribution < 1.29 is 14.6 Å². The van der Waals surface area contributed by atoms with Gasteiger partial charge in [-0.05, 0) is 59.9 Å². The van der Waals surface area contributed by atoms with Crippen LogP contribution in [0.3, 0.4) is 0 Å². The number of nitrogens with one attached hydrogen (secondary N) is 1. The molecule has 2 unspecified atom stereocenters. The highest BCUT2D eigenvalue weighted by atomic mass is 32.1. The molecule has 1 saturated heterocycles. The second-order valence-corrected chi connectivity index (χ2v) is 7.26. The SMILES string of the molecule is CC(O)(CNCc1ccc(OCC2CCCO2)cc1)c1ccsc1. The molecule has 1 fully saturated rings. The Bertz CT molecular complexity index is 604. The number of rotatable bonds is 8. The fraction of sp³-hybridized carbons (Fsp3) is 0.474. The summed E-state index contributed by atoms with van der Waals surface area (Å²) in [6.07, 6.45) is 2.46. The number of ether oxygens (including phenoxy) is 2. The Morgan fingerprint density at radius 3 is 2.83 bits per heavy atom. The monoisotopic (exact) mass is 347 g/mol. The fourth-order valence-electron chi connectivity index (χ4n) is 2.79. The van der Waals surface area contributed by atoms with Gasteiger partial charge in [0.05, 0.1) is 11.7 Å². The minimum atomic E-state index is -0.843. The second kappa shape index (κ2) is 8.12. The normalized spacial score (nSPS) is 20.0. The Hall–Kier alpha value is -1.40. The van der Waals surface area contributed by atoms with Crippen LogP contribution >= 0.6 is 11.3 Å². The third kappa shape index (κ3) is 4.80. The van der Waals surface area contributed by atoms with Gasteiger partial charge in [0.15, 0.2) is 0 Å². The van der Waals surface area contributed by atoms with Crippen molar-refractivity contribution in [1.82, 2.24) is 5.32 Å². The summed E-state index contributed by atoms with van der Waals surface area (Å²) in [4.78, 5) is 0. The fourth-order valence-corrected chi connectivity index (χ4v) is 3.57. The average molecular weight is 347 g/mol. The molecule has 0 spiro atoms. The van der Waals surface area contributed by atoms with Gasteiger partial charge in [0.2, 0.25) is 0 Å². The lowest BCUT2D eigenvalue weighted by Crippen LogP contribution is -2.34. The maximum atomic E-state index is 10.5. The molecule has 0 bridgehead atoms. The minimum absolute atomic E-state index is 0.241. The van der Waals surface area contributed by atoms with Crippen LogP contribution in [-0.2, 0) is 16.9 Å². The van der Waals surface area contributed by atoms with E-state index in [0.29, 0.717) is 19.7 Å². The van der Waals surface area contributed by atoms with Crippen molar-refractivity contribution in [3.63, 3.8) is 0 Å². The molecule has 2 aromatic rings. The number of benzene rings is 1. The summed E-state index contributed by atoms with van der Waals surface area (Å²) in [6.45, 7) is 4.55. The predicted molar refractivity (Wildman–Crippen MR) is 96.5 cm³/mol. The van der Waals surface area contributed by atoms with Crippen LogP contribution in [0.5, 0.6) is 5.75 Å². The molecular weight excluding hydrogens is 322 g/mol. The van der Waals surface area contributed by atoms with Gasteiger partial charge in [-0.2, -0.15) is 11.3 Å². The molecule has 0 saturated carbocycles. The maximum Gasteiger partial charge on any atom is 0.119 e. The van der Waals surface area contributed by atoms with Crippen molar-refractivity contribution >= 4 is 11.3 Å². The molecule has 0 amide bonds. The van der Waals surface area contributed by atoms with Gasteiger partial charge in [0.25, 0.3) is 0 Å². The van der Waals surface area contributed by atoms with Crippen molar-refractivity contribution in [2.75, 3.05) is 19.8 Å². The smallest absolute Gasteiger partial charge is 0.119 e. The summed E-state index contributed by atoms with van der Waals surface area (Å²) in [5.74, 6) is 0.875. The Morgan fingerprint density at radius 1 is 1.33 bits per heavy atom. The largest absolute Gasteiger partial charge is 0.491 e. The molecule has 1 aromatic heterocycles. The molecule has 2 heterocycles. The third-order valence-electron chi connectivity index (χ3n) is 4.32. The zero-order chi connectivity index (χ0) is 16.8. The summed E-state index contributed by atoms with van der Waals surface area (Å²) in [5.41, 5.74) is 1.28. The molecule has 0 aliphatic carbocycles. The molecule has 4 nitrogen and oxygen atoms in total. The summed E-state index contributed by atoms with van der Waals surface area (Å²) in [7, 11) is 0. The molecule has 24 heavy (non-hydrogen) atoms. The van der Waals surface area contributed by atoms with Gasteiger partial charge in [-0.25, -0.2) is 0 Å². The Labute approximate surface area is 147 Å². The lowest BCUT2D eigenvalue weighted by molar-refractivity contribution is 0.0571. The molecule has 1 aromatic carbocycles. The zero-order valence-corrected chi connectivity index (χ0v) is 14.8. The number of thiophene rings is 1. The molecule has 5 heteroatoms. The van der Waals surface area contributed by atoms with Gasteiger partial charge in [0.1, 0.15) is 12.4 Å². The molecule has 130 valence electrons. The predicted octanol–water partition coefficient (Wildman–Crippen LogP) is 3.30. The summed E-state index contributed by atoms with van der Waals surface area (Å²) >= 11 is 1.60. The van der Waals surface area contributed by atoms with E-state index in [9.17, 15) is 5.11 Å². The molecule has 1 aliphatic rings. The van der Waals surface area contributed by atoms with Crippen LogP contribution in [0, 0.1) is 0 Å². The minimum Gasteiger partial charge on any atom is -0.491 e. The van der Waals surface area contributed by atoms with Gasteiger partial charge in [0, 0.05) is 19.7 Å². The molecule has 2 atom stereocenters. The first-order chi connectivity index (χ1) is 11.6. The maximum absolute atomic E-state index is 10.5. The highest BCUT2D eigenvalue weighted by Crippen LogP contribution is 2.22. The van der Waals surface area contributed by atoms with E-state index in [2.05, 4.69) is 17.4 Å². The highest BCUT2D eigenvalue weighted by Gasteiger charge is 2.22. The standard InChI is InChI=1S/C19H25NO3S/c1-19(21,16-8-10-24-13-16)14-20-11-15-4-6-17(7-5-15)23-12-18-3-2-9-22-18/h4-8,10,13,18,20-21H,2-3,9,11-12,14H2,1H3.